The van der Waals surface area contributed by atoms with Crippen molar-refractivity contribution in [2.24, 2.45) is 0 Å². The van der Waals surface area contributed by atoms with Gasteiger partial charge in [0, 0.05) is 20.3 Å². The van der Waals surface area contributed by atoms with Crippen LogP contribution in [-0.4, -0.2) is 22.8 Å². The Morgan fingerprint density at radius 1 is 1.17 bits per heavy atom. The Morgan fingerprint density at radius 2 is 1.75 bits per heavy atom. The highest BCUT2D eigenvalue weighted by Crippen LogP contribution is 2.13. The van der Waals surface area contributed by atoms with E-state index in [1.165, 1.54) is 19.3 Å². The topological polar surface area (TPSA) is 18.5 Å². The lowest BCUT2D eigenvalue weighted by atomic mass is 10.2. The SMILES string of the molecule is CCCCC[CH][Si](C)(OC)OC. The summed E-state index contributed by atoms with van der Waals surface area (Å²) in [5, 5.41) is 0. The molecule has 0 saturated heterocycles. The Kier molecular flexibility index (Phi) is 6.71. The summed E-state index contributed by atoms with van der Waals surface area (Å²) in [5.74, 6) is 0. The largest absolute Gasteiger partial charge is 0.398 e. The molecule has 0 fully saturated rings. The fourth-order valence-electron chi connectivity index (χ4n) is 1.01. The molecule has 0 aromatic rings. The fraction of sp³-hybridized carbons (Fsp3) is 0.889. The van der Waals surface area contributed by atoms with E-state index in [1.807, 2.05) is 0 Å². The summed E-state index contributed by atoms with van der Waals surface area (Å²) in [5.41, 5.74) is 0. The van der Waals surface area contributed by atoms with Crippen LogP contribution in [0.4, 0.5) is 0 Å². The molecule has 1 radical (unpaired) electrons. The Bertz CT molecular complexity index is 103. The third-order valence-electron chi connectivity index (χ3n) is 2.13. The second-order valence-electron chi connectivity index (χ2n) is 3.12. The smallest absolute Gasteiger partial charge is 0.337 e. The number of unbranched alkanes of at least 4 members (excludes halogenated alkanes) is 3. The molecule has 0 aliphatic heterocycles. The van der Waals surface area contributed by atoms with Gasteiger partial charge in [0.25, 0.3) is 0 Å². The molecule has 2 nitrogen and oxygen atoms in total. The highest BCUT2D eigenvalue weighted by atomic mass is 28.4. The highest BCUT2D eigenvalue weighted by Gasteiger charge is 2.27. The molecule has 0 aliphatic carbocycles. The molecule has 0 rings (SSSR count). The minimum Gasteiger partial charge on any atom is -0.398 e. The second kappa shape index (κ2) is 6.63. The van der Waals surface area contributed by atoms with Gasteiger partial charge in [0.05, 0.1) is 0 Å². The van der Waals surface area contributed by atoms with Gasteiger partial charge in [0.15, 0.2) is 0 Å². The maximum atomic E-state index is 5.33. The molecule has 0 N–H and O–H groups in total. The van der Waals surface area contributed by atoms with E-state index in [0.29, 0.717) is 0 Å². The van der Waals surface area contributed by atoms with Crippen LogP contribution >= 0.6 is 0 Å². The first kappa shape index (κ1) is 12.1. The quantitative estimate of drug-likeness (QED) is 0.453. The summed E-state index contributed by atoms with van der Waals surface area (Å²) in [6.45, 7) is 4.28. The molecule has 0 saturated carbocycles. The first-order chi connectivity index (χ1) is 5.68. The van der Waals surface area contributed by atoms with Crippen LogP contribution in [0.2, 0.25) is 6.55 Å². The number of hydrogen-bond acceptors (Lipinski definition) is 2. The summed E-state index contributed by atoms with van der Waals surface area (Å²) in [4.78, 5) is 0. The first-order valence-corrected chi connectivity index (χ1v) is 7.02. The Labute approximate surface area is 77.5 Å². The zero-order valence-electron chi connectivity index (χ0n) is 8.72. The van der Waals surface area contributed by atoms with Gasteiger partial charge >= 0.3 is 8.56 Å². The van der Waals surface area contributed by atoms with Crippen molar-refractivity contribution in [2.75, 3.05) is 14.2 Å². The molecule has 0 bridgehead atoms. The summed E-state index contributed by atoms with van der Waals surface area (Å²) in [7, 11) is 1.58. The molecule has 73 valence electrons. The van der Waals surface area contributed by atoms with Gasteiger partial charge in [-0.05, 0) is 13.0 Å². The molecule has 0 amide bonds. The Morgan fingerprint density at radius 3 is 2.17 bits per heavy atom. The summed E-state index contributed by atoms with van der Waals surface area (Å²) in [6, 6.07) is 2.22. The highest BCUT2D eigenvalue weighted by molar-refractivity contribution is 6.69. The maximum absolute atomic E-state index is 5.33. The van der Waals surface area contributed by atoms with Gasteiger partial charge in [-0.3, -0.25) is 0 Å². The first-order valence-electron chi connectivity index (χ1n) is 4.63. The van der Waals surface area contributed by atoms with Crippen molar-refractivity contribution in [3.63, 3.8) is 0 Å². The Balaban J connectivity index is 3.45. The van der Waals surface area contributed by atoms with Crippen LogP contribution in [0.15, 0.2) is 0 Å². The van der Waals surface area contributed by atoms with Crippen LogP contribution in [0.3, 0.4) is 0 Å². The van der Waals surface area contributed by atoms with Gasteiger partial charge < -0.3 is 8.85 Å². The van der Waals surface area contributed by atoms with E-state index in [1.54, 1.807) is 14.2 Å². The average molecular weight is 189 g/mol. The predicted octanol–water partition coefficient (Wildman–Crippen LogP) is 2.67. The lowest BCUT2D eigenvalue weighted by Crippen LogP contribution is -2.37. The van der Waals surface area contributed by atoms with Crippen LogP contribution in [0.5, 0.6) is 0 Å². The van der Waals surface area contributed by atoms with Gasteiger partial charge in [-0.15, -0.1) is 0 Å². The molecule has 0 aliphatic rings. The Hall–Kier alpha value is 0.137. The average Bonchev–Trinajstić information content (AvgIpc) is 2.12. The van der Waals surface area contributed by atoms with Crippen molar-refractivity contribution in [3.8, 4) is 0 Å². The van der Waals surface area contributed by atoms with E-state index in [9.17, 15) is 0 Å². The molecule has 0 atom stereocenters. The monoisotopic (exact) mass is 189 g/mol. The minimum absolute atomic E-state index is 1.12. The molecule has 0 aromatic carbocycles. The third kappa shape index (κ3) is 4.90. The fourth-order valence-corrected chi connectivity index (χ4v) is 2.24. The summed E-state index contributed by atoms with van der Waals surface area (Å²) in [6.07, 6.45) is 4.95. The van der Waals surface area contributed by atoms with E-state index in [0.717, 1.165) is 6.42 Å². The minimum atomic E-state index is -1.87. The molecule has 0 heterocycles. The zero-order chi connectivity index (χ0) is 9.45. The lowest BCUT2D eigenvalue weighted by Gasteiger charge is -2.21. The van der Waals surface area contributed by atoms with E-state index >= 15 is 0 Å². The molecular weight excluding hydrogens is 168 g/mol. The van der Waals surface area contributed by atoms with Crippen molar-refractivity contribution >= 4 is 8.56 Å². The molecule has 3 heteroatoms. The molecule has 12 heavy (non-hydrogen) atoms. The van der Waals surface area contributed by atoms with E-state index in [-0.39, 0.29) is 0 Å². The second-order valence-corrected chi connectivity index (χ2v) is 6.38. The molecule has 0 spiro atoms. The molecular formula is C9H21O2Si. The van der Waals surface area contributed by atoms with E-state index in [2.05, 4.69) is 19.5 Å². The number of hydrogen-bond donors (Lipinski definition) is 0. The maximum Gasteiger partial charge on any atom is 0.337 e. The van der Waals surface area contributed by atoms with Gasteiger partial charge in [0.1, 0.15) is 0 Å². The van der Waals surface area contributed by atoms with Gasteiger partial charge in [-0.2, -0.15) is 0 Å². The normalized spacial score (nSPS) is 12.0. The van der Waals surface area contributed by atoms with Gasteiger partial charge in [0.2, 0.25) is 0 Å². The van der Waals surface area contributed by atoms with Crippen molar-refractivity contribution in [2.45, 2.75) is 39.2 Å². The summed E-state index contributed by atoms with van der Waals surface area (Å²) < 4.78 is 10.7. The molecule has 0 aromatic heterocycles. The number of rotatable bonds is 7. The van der Waals surface area contributed by atoms with E-state index < -0.39 is 8.56 Å². The van der Waals surface area contributed by atoms with Crippen molar-refractivity contribution in [1.29, 1.82) is 0 Å². The van der Waals surface area contributed by atoms with Gasteiger partial charge in [-0.1, -0.05) is 26.2 Å². The van der Waals surface area contributed by atoms with E-state index in [4.69, 9.17) is 8.85 Å². The summed E-state index contributed by atoms with van der Waals surface area (Å²) >= 11 is 0. The standard InChI is InChI=1S/C9H21O2Si/c1-5-6-7-8-9-12(4,10-2)11-3/h9H,5-8H2,1-4H3. The van der Waals surface area contributed by atoms with Gasteiger partial charge in [-0.25, -0.2) is 0 Å². The van der Waals surface area contributed by atoms with Crippen molar-refractivity contribution < 1.29 is 8.85 Å². The predicted molar refractivity (Wildman–Crippen MR) is 54.1 cm³/mol. The van der Waals surface area contributed by atoms with Crippen molar-refractivity contribution in [1.82, 2.24) is 0 Å². The van der Waals surface area contributed by atoms with Crippen LogP contribution in [0.25, 0.3) is 0 Å². The van der Waals surface area contributed by atoms with Crippen LogP contribution in [-0.2, 0) is 8.85 Å². The van der Waals surface area contributed by atoms with Crippen LogP contribution < -0.4 is 0 Å². The zero-order valence-corrected chi connectivity index (χ0v) is 9.72. The molecule has 0 unspecified atom stereocenters. The third-order valence-corrected chi connectivity index (χ3v) is 4.78. The van der Waals surface area contributed by atoms with Crippen molar-refractivity contribution in [3.05, 3.63) is 6.04 Å². The lowest BCUT2D eigenvalue weighted by molar-refractivity contribution is 0.257. The van der Waals surface area contributed by atoms with Crippen LogP contribution in [0, 0.1) is 6.04 Å². The van der Waals surface area contributed by atoms with Crippen LogP contribution in [0.1, 0.15) is 32.6 Å².